The van der Waals surface area contributed by atoms with E-state index in [1.54, 1.807) is 13.8 Å². The first-order valence-electron chi connectivity index (χ1n) is 20.8. The van der Waals surface area contributed by atoms with E-state index in [0.29, 0.717) is 19.3 Å². The number of hydrogen-bond donors (Lipinski definition) is 9. The van der Waals surface area contributed by atoms with Gasteiger partial charge in [-0.1, -0.05) is 27.7 Å². The van der Waals surface area contributed by atoms with E-state index < -0.39 is 103 Å². The number of aliphatic hydroxyl groups excluding tert-OH is 7. The van der Waals surface area contributed by atoms with E-state index in [9.17, 15) is 46.0 Å². The van der Waals surface area contributed by atoms with Crippen molar-refractivity contribution < 1.29 is 69.6 Å². The fraction of sp³-hybridized carbons (Fsp3) is 1.00. The summed E-state index contributed by atoms with van der Waals surface area (Å²) in [5.74, 6) is -0.0277. The zero-order chi connectivity index (χ0) is 40.1. The second kappa shape index (κ2) is 13.0. The molecule has 3 saturated heterocycles. The first kappa shape index (κ1) is 41.2. The Kier molecular flexibility index (Phi) is 9.71. The van der Waals surface area contributed by atoms with Crippen LogP contribution in [-0.4, -0.2) is 150 Å². The lowest BCUT2D eigenvalue weighted by atomic mass is 9.41. The third-order valence-electron chi connectivity index (χ3n) is 17.7. The molecule has 0 amide bonds. The van der Waals surface area contributed by atoms with Crippen molar-refractivity contribution in [3.63, 3.8) is 0 Å². The van der Waals surface area contributed by atoms with Gasteiger partial charge in [0.05, 0.1) is 55.4 Å². The molecule has 55 heavy (non-hydrogen) atoms. The Balaban J connectivity index is 1.04. The fourth-order valence-electron chi connectivity index (χ4n) is 14.9. The van der Waals surface area contributed by atoms with Gasteiger partial charge in [0.1, 0.15) is 36.1 Å². The molecule has 0 bridgehead atoms. The van der Waals surface area contributed by atoms with Crippen LogP contribution in [0, 0.1) is 44.8 Å². The van der Waals surface area contributed by atoms with Gasteiger partial charge < -0.3 is 69.6 Å². The molecule has 3 aliphatic heterocycles. The topological polar surface area (TPSA) is 228 Å². The number of ether oxygens (including phenoxy) is 5. The fourth-order valence-corrected chi connectivity index (χ4v) is 14.9. The van der Waals surface area contributed by atoms with Crippen LogP contribution >= 0.6 is 0 Å². The highest BCUT2D eigenvalue weighted by molar-refractivity contribution is 5.33. The Morgan fingerprint density at radius 1 is 0.782 bits per heavy atom. The molecular formula is C41H68O14. The predicted octanol–water partition coefficient (Wildman–Crippen LogP) is 0.726. The standard InChI is InChI=1S/C41H68O14/c1-34(2)24(53-32-28(27(47)26(46)22(16-42)52-32)54-33-31(48)41(50,18-43)19-51-33)9-11-40-17-39(40)13-12-36(5)30(38(7)10-8-25(55-38)35(3,4)49)21(45)15-37(36,6)23(39)14-20(44)29(34)40/h20-33,42-50H,8-19H2,1-7H3/t20-,21-,22+,23-,24-,25-,26+,27-,28+,29+,30+,31-,32-,33-,36-,37-,38+,39-,40+,41+/m0/s1. The van der Waals surface area contributed by atoms with Crippen LogP contribution in [0.4, 0.5) is 0 Å². The maximum Gasteiger partial charge on any atom is 0.187 e. The summed E-state index contributed by atoms with van der Waals surface area (Å²) in [5, 5.41) is 98.2. The minimum Gasteiger partial charge on any atom is -0.394 e. The van der Waals surface area contributed by atoms with E-state index in [0.717, 1.165) is 38.5 Å². The molecule has 5 saturated carbocycles. The molecule has 0 aromatic carbocycles. The van der Waals surface area contributed by atoms with Gasteiger partial charge in [0.15, 0.2) is 12.6 Å². The molecule has 8 rings (SSSR count). The molecular weight excluding hydrogens is 716 g/mol. The van der Waals surface area contributed by atoms with Gasteiger partial charge in [-0.2, -0.15) is 0 Å². The van der Waals surface area contributed by atoms with Crippen LogP contribution in [0.15, 0.2) is 0 Å². The lowest BCUT2D eigenvalue weighted by molar-refractivity contribution is -0.355. The maximum atomic E-state index is 12.4. The van der Waals surface area contributed by atoms with Gasteiger partial charge >= 0.3 is 0 Å². The normalized spacial score (nSPS) is 58.5. The van der Waals surface area contributed by atoms with Crippen molar-refractivity contribution in [3.05, 3.63) is 0 Å². The smallest absolute Gasteiger partial charge is 0.187 e. The van der Waals surface area contributed by atoms with Gasteiger partial charge in [0, 0.05) is 5.92 Å². The molecule has 8 aliphatic rings. The van der Waals surface area contributed by atoms with Crippen molar-refractivity contribution in [2.45, 2.75) is 191 Å². The third kappa shape index (κ3) is 5.56. The molecule has 9 N–H and O–H groups in total. The first-order valence-corrected chi connectivity index (χ1v) is 20.8. The zero-order valence-corrected chi connectivity index (χ0v) is 33.6. The molecule has 14 heteroatoms. The Morgan fingerprint density at radius 3 is 2.11 bits per heavy atom. The molecule has 0 aromatic heterocycles. The summed E-state index contributed by atoms with van der Waals surface area (Å²) >= 11 is 0. The second-order valence-electron chi connectivity index (χ2n) is 21.2. The molecule has 0 radical (unpaired) electrons. The van der Waals surface area contributed by atoms with Gasteiger partial charge in [0.2, 0.25) is 0 Å². The van der Waals surface area contributed by atoms with E-state index in [1.165, 1.54) is 0 Å². The van der Waals surface area contributed by atoms with Gasteiger partial charge in [-0.25, -0.2) is 0 Å². The summed E-state index contributed by atoms with van der Waals surface area (Å²) < 4.78 is 30.9. The van der Waals surface area contributed by atoms with Crippen LogP contribution in [0.3, 0.4) is 0 Å². The minimum atomic E-state index is -1.98. The highest BCUT2D eigenvalue weighted by Gasteiger charge is 2.85. The average molecular weight is 785 g/mol. The number of hydrogen-bond acceptors (Lipinski definition) is 14. The summed E-state index contributed by atoms with van der Waals surface area (Å²) in [4.78, 5) is 0. The Bertz CT molecular complexity index is 1470. The minimum absolute atomic E-state index is 0.00376. The van der Waals surface area contributed by atoms with Crippen LogP contribution in [0.25, 0.3) is 0 Å². The van der Waals surface area contributed by atoms with Crippen molar-refractivity contribution in [1.29, 1.82) is 0 Å². The monoisotopic (exact) mass is 784 g/mol. The Labute approximate surface area is 324 Å². The molecule has 0 aromatic rings. The molecule has 5 aliphatic carbocycles. The van der Waals surface area contributed by atoms with Crippen LogP contribution in [-0.2, 0) is 23.7 Å². The quantitative estimate of drug-likeness (QED) is 0.155. The summed E-state index contributed by atoms with van der Waals surface area (Å²) in [6.07, 6.45) is -5.03. The van der Waals surface area contributed by atoms with Crippen molar-refractivity contribution in [2.75, 3.05) is 19.8 Å². The van der Waals surface area contributed by atoms with E-state index in [1.807, 2.05) is 0 Å². The van der Waals surface area contributed by atoms with Gasteiger partial charge in [-0.05, 0) is 117 Å². The van der Waals surface area contributed by atoms with Crippen LogP contribution in [0.1, 0.15) is 106 Å². The van der Waals surface area contributed by atoms with E-state index >= 15 is 0 Å². The van der Waals surface area contributed by atoms with Gasteiger partial charge in [-0.3, -0.25) is 0 Å². The van der Waals surface area contributed by atoms with Crippen LogP contribution < -0.4 is 0 Å². The first-order chi connectivity index (χ1) is 25.5. The van der Waals surface area contributed by atoms with E-state index in [4.69, 9.17) is 23.7 Å². The largest absolute Gasteiger partial charge is 0.394 e. The highest BCUT2D eigenvalue weighted by atomic mass is 16.8. The number of rotatable bonds is 8. The molecule has 3 heterocycles. The van der Waals surface area contributed by atoms with E-state index in [2.05, 4.69) is 34.6 Å². The van der Waals surface area contributed by atoms with Crippen molar-refractivity contribution in [2.24, 2.45) is 44.8 Å². The lowest BCUT2D eigenvalue weighted by Crippen LogP contribution is -2.65. The third-order valence-corrected chi connectivity index (χ3v) is 17.7. The van der Waals surface area contributed by atoms with Crippen molar-refractivity contribution in [3.8, 4) is 0 Å². The molecule has 20 atom stereocenters. The Morgan fingerprint density at radius 2 is 1.49 bits per heavy atom. The maximum absolute atomic E-state index is 12.4. The van der Waals surface area contributed by atoms with E-state index in [-0.39, 0.29) is 45.5 Å². The highest BCUT2D eigenvalue weighted by Crippen LogP contribution is 2.89. The van der Waals surface area contributed by atoms with Crippen LogP contribution in [0.2, 0.25) is 0 Å². The van der Waals surface area contributed by atoms with Crippen molar-refractivity contribution in [1.82, 2.24) is 0 Å². The summed E-state index contributed by atoms with van der Waals surface area (Å²) in [6.45, 7) is 12.8. The Hall–Kier alpha value is -0.560. The van der Waals surface area contributed by atoms with Gasteiger partial charge in [0.25, 0.3) is 0 Å². The zero-order valence-electron chi connectivity index (χ0n) is 33.6. The molecule has 8 fully saturated rings. The molecule has 316 valence electrons. The predicted molar refractivity (Wildman–Crippen MR) is 194 cm³/mol. The van der Waals surface area contributed by atoms with Gasteiger partial charge in [-0.15, -0.1) is 0 Å². The summed E-state index contributed by atoms with van der Waals surface area (Å²) in [5.41, 5.74) is -4.71. The molecule has 14 nitrogen and oxygen atoms in total. The van der Waals surface area contributed by atoms with Crippen molar-refractivity contribution >= 4 is 0 Å². The van der Waals surface area contributed by atoms with Crippen LogP contribution in [0.5, 0.6) is 0 Å². The lowest BCUT2D eigenvalue weighted by Gasteiger charge is -2.65. The summed E-state index contributed by atoms with van der Waals surface area (Å²) in [6, 6.07) is 0. The number of fused-ring (bicyclic) bond motifs is 2. The SMILES string of the molecule is CC(C)(O)[C@@H]1CC[C@](C)([C@@H]2[C@@H](O)C[C@@]3(C)[C@@H]4C[C@H](O)[C@@H]5C(C)(C)[C@@H](O[C@@H]6O[C@H](CO)[C@@H](O)[C@H](O)[C@H]6O[C@@H]6OC[C@](O)(CO)[C@H]6O)CC[C@@]56C[C@@]46CC[C@@]23C)O1. The summed E-state index contributed by atoms with van der Waals surface area (Å²) in [7, 11) is 0. The molecule has 2 spiro atoms. The second-order valence-corrected chi connectivity index (χ2v) is 21.2. The number of aliphatic hydroxyl groups is 9. The average Bonchev–Trinajstić information content (AvgIpc) is 3.25. The molecule has 0 unspecified atom stereocenters.